The largest absolute Gasteiger partial charge is 0.0654 e. The average molecular weight is 197 g/mol. The Bertz CT molecular complexity index is 113. The highest BCUT2D eigenvalue weighted by Gasteiger charge is 2.15. The molecule has 1 radical (unpaired) electrons. The summed E-state index contributed by atoms with van der Waals surface area (Å²) in [6.45, 7) is 11.0. The van der Waals surface area contributed by atoms with Gasteiger partial charge in [-0.1, -0.05) is 72.6 Å². The van der Waals surface area contributed by atoms with Gasteiger partial charge in [-0.15, -0.1) is 0 Å². The molecule has 0 heteroatoms. The van der Waals surface area contributed by atoms with E-state index in [-0.39, 0.29) is 0 Å². The Kier molecular flexibility index (Phi) is 8.32. The van der Waals surface area contributed by atoms with Crippen LogP contribution >= 0.6 is 0 Å². The van der Waals surface area contributed by atoms with Crippen molar-refractivity contribution in [3.8, 4) is 0 Å². The first-order valence-corrected chi connectivity index (χ1v) is 6.41. The quantitative estimate of drug-likeness (QED) is 0.435. The minimum absolute atomic E-state index is 0.580. The van der Waals surface area contributed by atoms with Crippen LogP contribution in [0.1, 0.15) is 78.6 Å². The second kappa shape index (κ2) is 8.32. The lowest BCUT2D eigenvalue weighted by Gasteiger charge is -2.24. The minimum Gasteiger partial charge on any atom is -0.0654 e. The molecule has 0 aromatic rings. The topological polar surface area (TPSA) is 0 Å². The molecule has 0 heterocycles. The predicted molar refractivity (Wildman–Crippen MR) is 66.4 cm³/mol. The molecule has 0 aliphatic rings. The molecule has 85 valence electrons. The molecule has 0 fully saturated rings. The van der Waals surface area contributed by atoms with Gasteiger partial charge in [0.05, 0.1) is 0 Å². The van der Waals surface area contributed by atoms with Gasteiger partial charge in [0, 0.05) is 0 Å². The van der Waals surface area contributed by atoms with Gasteiger partial charge >= 0.3 is 0 Å². The molecule has 0 nitrogen and oxygen atoms in total. The van der Waals surface area contributed by atoms with E-state index >= 15 is 0 Å². The number of unbranched alkanes of at least 4 members (excludes halogenated alkanes) is 5. The van der Waals surface area contributed by atoms with Crippen molar-refractivity contribution in [1.29, 1.82) is 0 Å². The monoisotopic (exact) mass is 197 g/mol. The van der Waals surface area contributed by atoms with Crippen LogP contribution in [0.25, 0.3) is 0 Å². The average Bonchev–Trinajstić information content (AvgIpc) is 2.13. The first-order valence-electron chi connectivity index (χ1n) is 6.41. The first-order chi connectivity index (χ1) is 6.62. The second-order valence-electron chi connectivity index (χ2n) is 5.29. The fourth-order valence-electron chi connectivity index (χ4n) is 1.94. The summed E-state index contributed by atoms with van der Waals surface area (Å²) in [4.78, 5) is 0. The Balaban J connectivity index is 3.40. The molecule has 0 spiro atoms. The molecule has 0 saturated carbocycles. The van der Waals surface area contributed by atoms with Gasteiger partial charge in [0.1, 0.15) is 0 Å². The molecular weight excluding hydrogens is 168 g/mol. The van der Waals surface area contributed by atoms with E-state index in [1.807, 2.05) is 0 Å². The van der Waals surface area contributed by atoms with Gasteiger partial charge in [0.15, 0.2) is 0 Å². The van der Waals surface area contributed by atoms with Crippen LogP contribution in [0.2, 0.25) is 0 Å². The highest BCUT2D eigenvalue weighted by Crippen LogP contribution is 2.30. The van der Waals surface area contributed by atoms with E-state index in [1.54, 1.807) is 0 Å². The lowest BCUT2D eigenvalue weighted by atomic mass is 9.82. The number of hydrogen-bond donors (Lipinski definition) is 0. The Morgan fingerprint density at radius 1 is 0.857 bits per heavy atom. The van der Waals surface area contributed by atoms with Crippen LogP contribution in [0.15, 0.2) is 0 Å². The molecule has 0 rings (SSSR count). The summed E-state index contributed by atoms with van der Waals surface area (Å²) in [5, 5.41) is 0. The van der Waals surface area contributed by atoms with Crippen LogP contribution < -0.4 is 0 Å². The molecular formula is C14H29. The van der Waals surface area contributed by atoms with Crippen LogP contribution in [0.5, 0.6) is 0 Å². The molecule has 0 aliphatic heterocycles. The van der Waals surface area contributed by atoms with E-state index in [4.69, 9.17) is 0 Å². The first kappa shape index (κ1) is 14.0. The van der Waals surface area contributed by atoms with Crippen LogP contribution in [0.4, 0.5) is 0 Å². The summed E-state index contributed by atoms with van der Waals surface area (Å²) in [6, 6.07) is 0. The summed E-state index contributed by atoms with van der Waals surface area (Å²) < 4.78 is 0. The summed E-state index contributed by atoms with van der Waals surface area (Å²) >= 11 is 0. The van der Waals surface area contributed by atoms with Crippen molar-refractivity contribution >= 4 is 0 Å². The number of rotatable bonds is 9. The maximum atomic E-state index is 3.88. The molecule has 14 heavy (non-hydrogen) atoms. The van der Waals surface area contributed by atoms with E-state index in [9.17, 15) is 0 Å². The van der Waals surface area contributed by atoms with Crippen molar-refractivity contribution in [3.63, 3.8) is 0 Å². The van der Waals surface area contributed by atoms with Crippen molar-refractivity contribution < 1.29 is 0 Å². The van der Waals surface area contributed by atoms with Gasteiger partial charge in [-0.25, -0.2) is 0 Å². The maximum absolute atomic E-state index is 3.88. The smallest absolute Gasteiger partial charge is 0.0354 e. The molecule has 0 aliphatic carbocycles. The van der Waals surface area contributed by atoms with Gasteiger partial charge < -0.3 is 0 Å². The molecule has 0 amide bonds. The van der Waals surface area contributed by atoms with Gasteiger partial charge in [0.2, 0.25) is 0 Å². The molecule has 0 atom stereocenters. The summed E-state index contributed by atoms with van der Waals surface area (Å²) in [7, 11) is 0. The Labute approximate surface area is 91.5 Å². The fourth-order valence-corrected chi connectivity index (χ4v) is 1.94. The zero-order valence-electron chi connectivity index (χ0n) is 10.6. The molecule has 0 aromatic heterocycles. The summed E-state index contributed by atoms with van der Waals surface area (Å²) in [5.41, 5.74) is 0.580. The Hall–Kier alpha value is 0. The predicted octanol–water partition coefficient (Wildman–Crippen LogP) is 5.38. The lowest BCUT2D eigenvalue weighted by molar-refractivity contribution is 0.284. The van der Waals surface area contributed by atoms with Crippen molar-refractivity contribution in [2.75, 3.05) is 0 Å². The van der Waals surface area contributed by atoms with Crippen molar-refractivity contribution in [1.82, 2.24) is 0 Å². The standard InChI is InChI=1S/C14H29/c1-5-7-9-11-13-14(3,4)12-10-8-6-2/h1,5-13H2,2-4H3. The van der Waals surface area contributed by atoms with Crippen LogP contribution in [0, 0.1) is 12.3 Å². The van der Waals surface area contributed by atoms with Gasteiger partial charge in [-0.3, -0.25) is 0 Å². The van der Waals surface area contributed by atoms with Crippen molar-refractivity contribution in [3.05, 3.63) is 6.92 Å². The van der Waals surface area contributed by atoms with Crippen LogP contribution in [-0.2, 0) is 0 Å². The Morgan fingerprint density at radius 2 is 1.43 bits per heavy atom. The second-order valence-corrected chi connectivity index (χ2v) is 5.29. The highest BCUT2D eigenvalue weighted by molar-refractivity contribution is 4.68. The third kappa shape index (κ3) is 8.59. The maximum Gasteiger partial charge on any atom is -0.0354 e. The molecule has 0 bridgehead atoms. The van der Waals surface area contributed by atoms with Crippen LogP contribution in [0.3, 0.4) is 0 Å². The fraction of sp³-hybridized carbons (Fsp3) is 0.929. The minimum atomic E-state index is 0.580. The van der Waals surface area contributed by atoms with E-state index < -0.39 is 0 Å². The summed E-state index contributed by atoms with van der Waals surface area (Å²) in [5.74, 6) is 0. The Morgan fingerprint density at radius 3 is 1.93 bits per heavy atom. The summed E-state index contributed by atoms with van der Waals surface area (Å²) in [6.07, 6.45) is 12.2. The molecule has 0 saturated heterocycles. The SMILES string of the molecule is [CH2]CCCCCC(C)(C)CCCCC. The van der Waals surface area contributed by atoms with Gasteiger partial charge in [-0.05, 0) is 18.3 Å². The van der Waals surface area contributed by atoms with Gasteiger partial charge in [-0.2, -0.15) is 0 Å². The van der Waals surface area contributed by atoms with Crippen LogP contribution in [-0.4, -0.2) is 0 Å². The third-order valence-corrected chi connectivity index (χ3v) is 3.06. The van der Waals surface area contributed by atoms with E-state index in [2.05, 4.69) is 27.7 Å². The highest BCUT2D eigenvalue weighted by atomic mass is 14.2. The van der Waals surface area contributed by atoms with E-state index in [0.29, 0.717) is 5.41 Å². The zero-order chi connectivity index (χ0) is 10.9. The normalized spacial score (nSPS) is 12.0. The lowest BCUT2D eigenvalue weighted by Crippen LogP contribution is -2.10. The van der Waals surface area contributed by atoms with E-state index in [1.165, 1.54) is 51.4 Å². The van der Waals surface area contributed by atoms with Crippen molar-refractivity contribution in [2.24, 2.45) is 5.41 Å². The third-order valence-electron chi connectivity index (χ3n) is 3.06. The van der Waals surface area contributed by atoms with Gasteiger partial charge in [0.25, 0.3) is 0 Å². The van der Waals surface area contributed by atoms with Crippen molar-refractivity contribution in [2.45, 2.75) is 78.6 Å². The van der Waals surface area contributed by atoms with E-state index in [0.717, 1.165) is 6.42 Å². The molecule has 0 N–H and O–H groups in total. The molecule has 0 unspecified atom stereocenters. The molecule has 0 aromatic carbocycles. The number of hydrogen-bond acceptors (Lipinski definition) is 0. The zero-order valence-corrected chi connectivity index (χ0v) is 10.6.